The molecule has 5 heteroatoms. The Kier molecular flexibility index (Phi) is 5.93. The van der Waals surface area contributed by atoms with Gasteiger partial charge in [0.1, 0.15) is 0 Å². The zero-order valence-electron chi connectivity index (χ0n) is 13.1. The third-order valence-corrected chi connectivity index (χ3v) is 4.22. The summed E-state index contributed by atoms with van der Waals surface area (Å²) in [4.78, 5) is 23.6. The number of carbonyl (C=O) groups is 2. The Labute approximate surface area is 144 Å². The number of rotatable bonds is 4. The van der Waals surface area contributed by atoms with Crippen molar-refractivity contribution < 1.29 is 14.3 Å². The second kappa shape index (κ2) is 7.92. The summed E-state index contributed by atoms with van der Waals surface area (Å²) in [5, 5.41) is 2.99. The summed E-state index contributed by atoms with van der Waals surface area (Å²) in [5.41, 5.74) is 4.57. The molecular weight excluding hydrogens is 358 g/mol. The zero-order chi connectivity index (χ0) is 16.8. The monoisotopic (exact) mass is 375 g/mol. The van der Waals surface area contributed by atoms with E-state index in [4.69, 9.17) is 0 Å². The first kappa shape index (κ1) is 17.2. The summed E-state index contributed by atoms with van der Waals surface area (Å²) >= 11 is 3.46. The fourth-order valence-corrected chi connectivity index (χ4v) is 2.76. The van der Waals surface area contributed by atoms with E-state index in [0.717, 1.165) is 28.4 Å². The summed E-state index contributed by atoms with van der Waals surface area (Å²) in [6.07, 6.45) is 0.0820. The third kappa shape index (κ3) is 3.99. The van der Waals surface area contributed by atoms with Crippen LogP contribution in [0, 0.1) is 0 Å². The zero-order valence-corrected chi connectivity index (χ0v) is 14.6. The van der Waals surface area contributed by atoms with Crippen molar-refractivity contribution in [3.63, 3.8) is 0 Å². The number of hydrogen-bond acceptors (Lipinski definition) is 3. The van der Waals surface area contributed by atoms with E-state index >= 15 is 0 Å². The van der Waals surface area contributed by atoms with Gasteiger partial charge in [-0.05, 0) is 34.7 Å². The molecule has 0 fully saturated rings. The van der Waals surface area contributed by atoms with E-state index in [1.165, 1.54) is 12.7 Å². The van der Waals surface area contributed by atoms with Crippen LogP contribution in [0.15, 0.2) is 42.5 Å². The van der Waals surface area contributed by atoms with Gasteiger partial charge in [0.05, 0.1) is 7.11 Å². The number of carbonyl (C=O) groups excluding carboxylic acids is 2. The average Bonchev–Trinajstić information content (AvgIpc) is 2.60. The highest BCUT2D eigenvalue weighted by molar-refractivity contribution is 9.08. The maximum absolute atomic E-state index is 12.3. The molecule has 0 aliphatic heterocycles. The van der Waals surface area contributed by atoms with Gasteiger partial charge in [-0.15, -0.1) is 0 Å². The number of alkyl halides is 1. The van der Waals surface area contributed by atoms with Crippen LogP contribution in [0.4, 0.5) is 4.79 Å². The second-order valence-corrected chi connectivity index (χ2v) is 5.53. The number of benzene rings is 2. The van der Waals surface area contributed by atoms with Crippen molar-refractivity contribution in [2.75, 3.05) is 7.11 Å². The smallest absolute Gasteiger partial charge is 0.413 e. The number of ether oxygens (including phenoxy) is 1. The molecule has 2 aromatic rings. The molecule has 120 valence electrons. The van der Waals surface area contributed by atoms with Gasteiger partial charge in [0.25, 0.3) is 5.91 Å². The first-order valence-corrected chi connectivity index (χ1v) is 8.39. The van der Waals surface area contributed by atoms with E-state index in [2.05, 4.69) is 39.0 Å². The Morgan fingerprint density at radius 2 is 1.87 bits per heavy atom. The normalized spacial score (nSPS) is 10.2. The third-order valence-electron chi connectivity index (χ3n) is 3.57. The minimum absolute atomic E-state index is 0.444. The molecule has 0 saturated carbocycles. The van der Waals surface area contributed by atoms with Gasteiger partial charge >= 0.3 is 6.09 Å². The van der Waals surface area contributed by atoms with Crippen molar-refractivity contribution in [3.8, 4) is 11.1 Å². The van der Waals surface area contributed by atoms with Crippen LogP contribution in [0.1, 0.15) is 28.4 Å². The maximum atomic E-state index is 12.3. The lowest BCUT2D eigenvalue weighted by molar-refractivity contribution is 0.0937. The standard InChI is InChI=1S/C18H18BrNO3/c1-3-13-10-12(11-19)8-9-14(13)15-6-4-5-7-16(15)17(21)20-18(22)23-2/h4-10H,3,11H2,1-2H3,(H,20,21,22). The van der Waals surface area contributed by atoms with E-state index in [-0.39, 0.29) is 0 Å². The van der Waals surface area contributed by atoms with Crippen LogP contribution in [0.3, 0.4) is 0 Å². The maximum Gasteiger partial charge on any atom is 0.413 e. The Balaban J connectivity index is 2.49. The van der Waals surface area contributed by atoms with E-state index in [0.29, 0.717) is 5.56 Å². The number of nitrogens with one attached hydrogen (secondary N) is 1. The minimum atomic E-state index is -0.768. The molecular formula is C18H18BrNO3. The van der Waals surface area contributed by atoms with Crippen LogP contribution in [0.5, 0.6) is 0 Å². The quantitative estimate of drug-likeness (QED) is 0.810. The molecule has 0 aliphatic carbocycles. The van der Waals surface area contributed by atoms with Crippen molar-refractivity contribution in [2.45, 2.75) is 18.7 Å². The van der Waals surface area contributed by atoms with Crippen molar-refractivity contribution in [3.05, 3.63) is 59.2 Å². The Bertz CT molecular complexity index is 728. The summed E-state index contributed by atoms with van der Waals surface area (Å²) in [5.74, 6) is -0.473. The molecule has 0 unspecified atom stereocenters. The molecule has 23 heavy (non-hydrogen) atoms. The highest BCUT2D eigenvalue weighted by atomic mass is 79.9. The lowest BCUT2D eigenvalue weighted by Gasteiger charge is -2.14. The molecule has 0 heterocycles. The predicted octanol–water partition coefficient (Wildman–Crippen LogP) is 4.31. The fourth-order valence-electron chi connectivity index (χ4n) is 2.41. The number of alkyl carbamates (subject to hydrolysis) is 1. The van der Waals surface area contributed by atoms with Crippen LogP contribution >= 0.6 is 15.9 Å². The summed E-state index contributed by atoms with van der Waals surface area (Å²) in [7, 11) is 1.22. The lowest BCUT2D eigenvalue weighted by atomic mass is 9.93. The van der Waals surface area contributed by atoms with Gasteiger partial charge < -0.3 is 4.74 Å². The molecule has 4 nitrogen and oxygen atoms in total. The fraction of sp³-hybridized carbons (Fsp3) is 0.222. The van der Waals surface area contributed by atoms with Gasteiger partial charge in [-0.25, -0.2) is 4.79 Å². The molecule has 2 aromatic carbocycles. The topological polar surface area (TPSA) is 55.4 Å². The van der Waals surface area contributed by atoms with Gasteiger partial charge in [-0.1, -0.05) is 59.3 Å². The molecule has 0 saturated heterocycles. The van der Waals surface area contributed by atoms with Crippen molar-refractivity contribution in [1.82, 2.24) is 5.32 Å². The van der Waals surface area contributed by atoms with Crippen molar-refractivity contribution >= 4 is 27.9 Å². The first-order valence-electron chi connectivity index (χ1n) is 7.27. The summed E-state index contributed by atoms with van der Waals surface area (Å²) < 4.78 is 4.49. The highest BCUT2D eigenvalue weighted by Crippen LogP contribution is 2.29. The molecule has 0 aliphatic rings. The largest absolute Gasteiger partial charge is 0.453 e. The Morgan fingerprint density at radius 3 is 2.52 bits per heavy atom. The van der Waals surface area contributed by atoms with Crippen LogP contribution in [-0.4, -0.2) is 19.1 Å². The SMILES string of the molecule is CCc1cc(CBr)ccc1-c1ccccc1C(=O)NC(=O)OC. The Hall–Kier alpha value is -2.14. The van der Waals surface area contributed by atoms with Crippen molar-refractivity contribution in [2.24, 2.45) is 0 Å². The molecule has 2 rings (SSSR count). The predicted molar refractivity (Wildman–Crippen MR) is 93.8 cm³/mol. The number of methoxy groups -OCH3 is 1. The molecule has 0 radical (unpaired) electrons. The average molecular weight is 376 g/mol. The molecule has 0 atom stereocenters. The van der Waals surface area contributed by atoms with E-state index in [1.54, 1.807) is 12.1 Å². The van der Waals surface area contributed by atoms with Gasteiger partial charge in [0, 0.05) is 10.9 Å². The van der Waals surface area contributed by atoms with Crippen LogP contribution in [0.2, 0.25) is 0 Å². The molecule has 0 bridgehead atoms. The lowest BCUT2D eigenvalue weighted by Crippen LogP contribution is -2.30. The van der Waals surface area contributed by atoms with Gasteiger partial charge in [0.2, 0.25) is 0 Å². The summed E-state index contributed by atoms with van der Waals surface area (Å²) in [6.45, 7) is 2.08. The van der Waals surface area contributed by atoms with Crippen LogP contribution in [-0.2, 0) is 16.5 Å². The van der Waals surface area contributed by atoms with Crippen LogP contribution < -0.4 is 5.32 Å². The number of imide groups is 1. The molecule has 0 spiro atoms. The number of aryl methyl sites for hydroxylation is 1. The first-order chi connectivity index (χ1) is 11.1. The number of halogens is 1. The molecule has 2 amide bonds. The number of hydrogen-bond donors (Lipinski definition) is 1. The van der Waals surface area contributed by atoms with E-state index in [1.807, 2.05) is 24.3 Å². The van der Waals surface area contributed by atoms with E-state index in [9.17, 15) is 9.59 Å². The second-order valence-electron chi connectivity index (χ2n) is 4.97. The van der Waals surface area contributed by atoms with E-state index < -0.39 is 12.0 Å². The molecule has 0 aromatic heterocycles. The minimum Gasteiger partial charge on any atom is -0.453 e. The number of amides is 2. The molecule has 1 N–H and O–H groups in total. The van der Waals surface area contributed by atoms with Crippen LogP contribution in [0.25, 0.3) is 11.1 Å². The van der Waals surface area contributed by atoms with Crippen molar-refractivity contribution in [1.29, 1.82) is 0 Å². The van der Waals surface area contributed by atoms with Gasteiger partial charge in [-0.2, -0.15) is 0 Å². The van der Waals surface area contributed by atoms with Gasteiger partial charge in [0.15, 0.2) is 0 Å². The van der Waals surface area contributed by atoms with Gasteiger partial charge in [-0.3, -0.25) is 10.1 Å². The summed E-state index contributed by atoms with van der Waals surface area (Å²) in [6, 6.07) is 13.4. The Morgan fingerprint density at radius 1 is 1.13 bits per heavy atom. The highest BCUT2D eigenvalue weighted by Gasteiger charge is 2.16.